The van der Waals surface area contributed by atoms with Gasteiger partial charge in [0.1, 0.15) is 17.3 Å². The lowest BCUT2D eigenvalue weighted by atomic mass is 9.99. The molecule has 9 nitrogen and oxygen atoms in total. The summed E-state index contributed by atoms with van der Waals surface area (Å²) in [5.41, 5.74) is 4.31. The summed E-state index contributed by atoms with van der Waals surface area (Å²) in [6.07, 6.45) is 5.43. The number of fused-ring (bicyclic) bond motifs is 3. The number of halogens is 3. The van der Waals surface area contributed by atoms with Crippen LogP contribution in [0.3, 0.4) is 0 Å². The number of pyridine rings is 2. The van der Waals surface area contributed by atoms with Crippen LogP contribution in [-0.4, -0.2) is 80.0 Å². The van der Waals surface area contributed by atoms with Gasteiger partial charge in [-0.1, -0.05) is 6.58 Å². The molecule has 2 atom stereocenters. The van der Waals surface area contributed by atoms with Gasteiger partial charge in [-0.05, 0) is 43.7 Å². The number of amides is 2. The Balaban J connectivity index is 1.52. The van der Waals surface area contributed by atoms with Crippen molar-refractivity contribution in [1.82, 2.24) is 34.4 Å². The molecule has 0 N–H and O–H groups in total. The van der Waals surface area contributed by atoms with Gasteiger partial charge in [-0.15, -0.1) is 11.3 Å². The zero-order valence-electron chi connectivity index (χ0n) is 26.5. The molecule has 4 aromatic heterocycles. The van der Waals surface area contributed by atoms with Gasteiger partial charge in [-0.2, -0.15) is 5.10 Å². The van der Waals surface area contributed by atoms with Crippen molar-refractivity contribution in [1.29, 1.82) is 0 Å². The van der Waals surface area contributed by atoms with E-state index < -0.39 is 11.6 Å². The minimum absolute atomic E-state index is 0.00139. The van der Waals surface area contributed by atoms with Crippen LogP contribution in [0.2, 0.25) is 0 Å². The zero-order chi connectivity index (χ0) is 33.6. The number of hydrogen-bond donors (Lipinski definition) is 0. The van der Waals surface area contributed by atoms with Crippen molar-refractivity contribution in [2.75, 3.05) is 33.7 Å². The Morgan fingerprint density at radius 3 is 2.72 bits per heavy atom. The molecule has 6 heterocycles. The van der Waals surface area contributed by atoms with Crippen molar-refractivity contribution < 1.29 is 22.8 Å². The van der Waals surface area contributed by atoms with Crippen LogP contribution in [0.25, 0.3) is 38.8 Å². The Morgan fingerprint density at radius 2 is 2.00 bits per heavy atom. The largest absolute Gasteiger partial charge is 0.348 e. The minimum Gasteiger partial charge on any atom is -0.348 e. The van der Waals surface area contributed by atoms with Gasteiger partial charge in [-0.3, -0.25) is 24.2 Å². The van der Waals surface area contributed by atoms with E-state index in [1.807, 2.05) is 19.9 Å². The molecular formula is C34H34F3N7O2S. The van der Waals surface area contributed by atoms with Crippen molar-refractivity contribution in [3.8, 4) is 22.6 Å². The van der Waals surface area contributed by atoms with E-state index in [-0.39, 0.29) is 53.4 Å². The Labute approximate surface area is 274 Å². The number of thiophene rings is 1. The van der Waals surface area contributed by atoms with Crippen LogP contribution in [0.15, 0.2) is 54.6 Å². The molecule has 2 amide bonds. The van der Waals surface area contributed by atoms with E-state index in [1.54, 1.807) is 40.8 Å². The van der Waals surface area contributed by atoms with Crippen molar-refractivity contribution >= 4 is 39.3 Å². The molecule has 0 radical (unpaired) electrons. The van der Waals surface area contributed by atoms with Gasteiger partial charge in [0.25, 0.3) is 0 Å². The van der Waals surface area contributed by atoms with Gasteiger partial charge in [0.15, 0.2) is 0 Å². The zero-order valence-corrected chi connectivity index (χ0v) is 27.3. The summed E-state index contributed by atoms with van der Waals surface area (Å²) in [6.45, 7) is 9.31. The van der Waals surface area contributed by atoms with Gasteiger partial charge in [0.05, 0.1) is 46.7 Å². The minimum atomic E-state index is -0.925. The van der Waals surface area contributed by atoms with Gasteiger partial charge < -0.3 is 9.80 Å². The van der Waals surface area contributed by atoms with E-state index in [4.69, 9.17) is 15.1 Å². The monoisotopic (exact) mass is 661 g/mol. The number of carbonyl (C=O) groups is 2. The average molecular weight is 662 g/mol. The van der Waals surface area contributed by atoms with E-state index in [0.717, 1.165) is 34.4 Å². The molecule has 0 bridgehead atoms. The second kappa shape index (κ2) is 12.9. The number of nitrogens with zero attached hydrogens (tertiary/aromatic N) is 7. The predicted octanol–water partition coefficient (Wildman–Crippen LogP) is 6.25. The second-order valence-electron chi connectivity index (χ2n) is 12.0. The fourth-order valence-corrected chi connectivity index (χ4v) is 7.17. The lowest BCUT2D eigenvalue weighted by molar-refractivity contribution is -0.130. The summed E-state index contributed by atoms with van der Waals surface area (Å²) >= 11 is 1.13. The van der Waals surface area contributed by atoms with E-state index in [1.165, 1.54) is 11.5 Å². The van der Waals surface area contributed by atoms with Crippen molar-refractivity contribution in [2.45, 2.75) is 38.9 Å². The molecule has 0 unspecified atom stereocenters. The summed E-state index contributed by atoms with van der Waals surface area (Å²) < 4.78 is 45.9. The summed E-state index contributed by atoms with van der Waals surface area (Å²) in [5, 5.41) is 6.30. The second-order valence-corrected chi connectivity index (χ2v) is 12.9. The standard InChI is InChI=1S/C34H34F3N7O2S/c1-6-29(45)43-15-19(2)44-28(20(43)3)13-27(40-44)33-24(12-23(36)7-9-35)31-25(37)18-47-34(31)32(39-33)21-11-22-16-42(17-30(46)41(4)5)10-8-26(22)38-14-21/h6-7,9,11-14,18-20H,1,8,10,15-17H2,2-5H3/b9-7+,23-12?/t19-,20+/m0/s1. The highest BCUT2D eigenvalue weighted by Gasteiger charge is 2.33. The number of allylic oxidation sites excluding steroid dienone is 2. The molecule has 13 heteroatoms. The van der Waals surface area contributed by atoms with E-state index in [0.29, 0.717) is 53.8 Å². The number of rotatable bonds is 7. The molecule has 0 aliphatic carbocycles. The van der Waals surface area contributed by atoms with Gasteiger partial charge in [0.2, 0.25) is 11.8 Å². The molecule has 2 aliphatic rings. The van der Waals surface area contributed by atoms with E-state index >= 15 is 4.39 Å². The highest BCUT2D eigenvalue weighted by molar-refractivity contribution is 7.17. The summed E-state index contributed by atoms with van der Waals surface area (Å²) in [7, 11) is 3.45. The highest BCUT2D eigenvalue weighted by atomic mass is 32.1. The quantitative estimate of drug-likeness (QED) is 0.172. The summed E-state index contributed by atoms with van der Waals surface area (Å²) in [5.74, 6) is -1.72. The summed E-state index contributed by atoms with van der Waals surface area (Å²) in [6, 6.07) is 3.19. The molecule has 0 aromatic carbocycles. The highest BCUT2D eigenvalue weighted by Crippen LogP contribution is 2.42. The van der Waals surface area contributed by atoms with Gasteiger partial charge in [0, 0.05) is 80.0 Å². The Bertz CT molecular complexity index is 1960. The van der Waals surface area contributed by atoms with Crippen LogP contribution < -0.4 is 0 Å². The smallest absolute Gasteiger partial charge is 0.246 e. The van der Waals surface area contributed by atoms with Crippen molar-refractivity contribution in [3.05, 3.63) is 82.9 Å². The first-order valence-electron chi connectivity index (χ1n) is 15.2. The number of carbonyl (C=O) groups excluding carboxylic acids is 2. The maximum Gasteiger partial charge on any atom is 0.246 e. The van der Waals surface area contributed by atoms with Crippen molar-refractivity contribution in [3.63, 3.8) is 0 Å². The Morgan fingerprint density at radius 1 is 1.21 bits per heavy atom. The van der Waals surface area contributed by atoms with Gasteiger partial charge >= 0.3 is 0 Å². The third-order valence-corrected chi connectivity index (χ3v) is 9.66. The maximum atomic E-state index is 15.7. The molecular weight excluding hydrogens is 627 g/mol. The SMILES string of the molecule is C=CC(=O)N1C[C@H](C)n2nc(-c3nc(-c4cnc5c(c4)CN(CC(=O)N(C)C)CC5)c4scc(F)c4c3C=C(F)/C=C/F)cc2[C@H]1C. The van der Waals surface area contributed by atoms with E-state index in [9.17, 15) is 18.4 Å². The fraction of sp³-hybridized carbons (Fsp3) is 0.324. The Hall–Kier alpha value is -4.62. The average Bonchev–Trinajstić information content (AvgIpc) is 3.67. The molecule has 0 spiro atoms. The maximum absolute atomic E-state index is 15.7. The molecule has 0 fully saturated rings. The lowest BCUT2D eigenvalue weighted by Gasteiger charge is -2.36. The van der Waals surface area contributed by atoms with Crippen LogP contribution in [0, 0.1) is 5.82 Å². The van der Waals surface area contributed by atoms with Crippen LogP contribution in [0.1, 0.15) is 48.4 Å². The topological polar surface area (TPSA) is 87.5 Å². The van der Waals surface area contributed by atoms with Crippen LogP contribution in [0.4, 0.5) is 13.2 Å². The molecule has 0 saturated heterocycles. The summed E-state index contributed by atoms with van der Waals surface area (Å²) in [4.78, 5) is 40.1. The molecule has 47 heavy (non-hydrogen) atoms. The van der Waals surface area contributed by atoms with Crippen LogP contribution >= 0.6 is 11.3 Å². The number of aromatic nitrogens is 4. The molecule has 244 valence electrons. The van der Waals surface area contributed by atoms with Crippen molar-refractivity contribution in [2.24, 2.45) is 0 Å². The van der Waals surface area contributed by atoms with E-state index in [2.05, 4.69) is 11.5 Å². The third kappa shape index (κ3) is 6.00. The van der Waals surface area contributed by atoms with Gasteiger partial charge in [-0.25, -0.2) is 18.2 Å². The number of hydrogen-bond acceptors (Lipinski definition) is 7. The van der Waals surface area contributed by atoms with Crippen LogP contribution in [-0.2, 0) is 22.6 Å². The fourth-order valence-electron chi connectivity index (χ4n) is 6.23. The molecule has 4 aromatic rings. The lowest BCUT2D eigenvalue weighted by Crippen LogP contribution is -2.42. The van der Waals surface area contributed by atoms with Crippen LogP contribution in [0.5, 0.6) is 0 Å². The normalized spacial score (nSPS) is 18.4. The predicted molar refractivity (Wildman–Crippen MR) is 176 cm³/mol. The number of likely N-dealkylation sites (N-methyl/N-ethyl adjacent to an activating group) is 1. The molecule has 2 aliphatic heterocycles. The first-order chi connectivity index (χ1) is 22.5. The first kappa shape index (κ1) is 32.3. The molecule has 0 saturated carbocycles. The third-order valence-electron chi connectivity index (χ3n) is 8.70. The Kier molecular flexibility index (Phi) is 8.86. The first-order valence-corrected chi connectivity index (χ1v) is 16.1. The molecule has 6 rings (SSSR count).